The van der Waals surface area contributed by atoms with Crippen LogP contribution in [0, 0.1) is 5.92 Å². The molecule has 2 aliphatic rings. The van der Waals surface area contributed by atoms with Crippen LogP contribution in [0.4, 0.5) is 0 Å². The van der Waals surface area contributed by atoms with Crippen LogP contribution in [0.3, 0.4) is 0 Å². The first-order valence-electron chi connectivity index (χ1n) is 15.5. The normalized spacial score (nSPS) is 24.9. The van der Waals surface area contributed by atoms with Crippen LogP contribution >= 0.6 is 11.8 Å². The minimum Gasteiger partial charge on any atom is -0.500 e. The van der Waals surface area contributed by atoms with Crippen LogP contribution < -0.4 is 9.47 Å². The molecule has 4 rings (SSSR count). The number of carbonyl (C=O) groups excluding carboxylic acids is 1. The van der Waals surface area contributed by atoms with Crippen LogP contribution in [0.25, 0.3) is 0 Å². The average molecular weight is 643 g/mol. The van der Waals surface area contributed by atoms with Crippen LogP contribution in [0.2, 0.25) is 16.6 Å². The fourth-order valence-electron chi connectivity index (χ4n) is 8.19. The number of benzene rings is 2. The van der Waals surface area contributed by atoms with E-state index in [0.29, 0.717) is 40.3 Å². The van der Waals surface area contributed by atoms with Gasteiger partial charge in [-0.25, -0.2) is 0 Å². The molecule has 0 aromatic heterocycles. The lowest BCUT2D eigenvalue weighted by Gasteiger charge is -2.61. The number of rotatable bonds is 13. The SMILES string of the molecule is COC1=CC(=O)[C@]2(Sc3ccccc3)C[C@H](O[Si](C(C)C)(C(C)C)C(C)C)[C@@H](c3ccc(OC)c(OC)c3)[C@H]1C2(OC)OC. The molecule has 0 saturated heterocycles. The molecule has 0 amide bonds. The van der Waals surface area contributed by atoms with E-state index in [1.807, 2.05) is 42.5 Å². The van der Waals surface area contributed by atoms with Crippen LogP contribution in [0.15, 0.2) is 65.3 Å². The van der Waals surface area contributed by atoms with Crippen molar-refractivity contribution < 1.29 is 32.9 Å². The average Bonchev–Trinajstić information content (AvgIpc) is 3.01. The van der Waals surface area contributed by atoms with E-state index < -0.39 is 24.8 Å². The maximum absolute atomic E-state index is 14.6. The zero-order chi connectivity index (χ0) is 32.4. The molecule has 1 fully saturated rings. The third-order valence-corrected chi connectivity index (χ3v) is 17.6. The van der Waals surface area contributed by atoms with Crippen molar-refractivity contribution in [3.8, 4) is 11.5 Å². The van der Waals surface area contributed by atoms with Crippen molar-refractivity contribution in [3.05, 3.63) is 65.9 Å². The predicted molar refractivity (Wildman–Crippen MR) is 178 cm³/mol. The maximum Gasteiger partial charge on any atom is 0.201 e. The van der Waals surface area contributed by atoms with E-state index in [1.165, 1.54) is 11.8 Å². The standard InChI is InChI=1S/C35H50O7SSi/c1-22(2)44(23(3)4,24(5)6)42-30-21-34(43-26-15-13-12-14-16-26)31(36)20-29(39-9)33(35(34,40-10)41-11)32(30)25-17-18-27(37-7)28(19-25)38-8/h12-20,22-24,30,32-33H,21H2,1-11H3/t30-,32+,33-,34+/m0/s1. The van der Waals surface area contributed by atoms with Gasteiger partial charge in [0.25, 0.3) is 0 Å². The van der Waals surface area contributed by atoms with E-state index in [1.54, 1.807) is 41.6 Å². The minimum atomic E-state index is -2.44. The Morgan fingerprint density at radius 3 is 1.89 bits per heavy atom. The zero-order valence-corrected chi connectivity index (χ0v) is 29.9. The van der Waals surface area contributed by atoms with E-state index in [4.69, 9.17) is 28.1 Å². The number of hydrogen-bond acceptors (Lipinski definition) is 8. The number of hydrogen-bond donors (Lipinski definition) is 0. The second-order valence-corrected chi connectivity index (χ2v) is 19.5. The molecular formula is C35H50O7SSi. The van der Waals surface area contributed by atoms with Gasteiger partial charge in [0.1, 0.15) is 10.5 Å². The highest BCUT2D eigenvalue weighted by atomic mass is 32.2. The molecule has 2 aliphatic carbocycles. The second-order valence-electron chi connectivity index (χ2n) is 12.7. The Balaban J connectivity index is 2.07. The van der Waals surface area contributed by atoms with Gasteiger partial charge in [0, 0.05) is 37.5 Å². The number of ether oxygens (including phenoxy) is 5. The Morgan fingerprint density at radius 1 is 0.795 bits per heavy atom. The first-order valence-corrected chi connectivity index (χ1v) is 18.4. The topological polar surface area (TPSA) is 72.5 Å². The summed E-state index contributed by atoms with van der Waals surface area (Å²) in [6.07, 6.45) is 1.69. The molecular weight excluding hydrogens is 593 g/mol. The summed E-state index contributed by atoms with van der Waals surface area (Å²) in [5, 5.41) is 0. The second kappa shape index (κ2) is 13.6. The van der Waals surface area contributed by atoms with Gasteiger partial charge in [-0.3, -0.25) is 4.79 Å². The number of carbonyl (C=O) groups is 1. The highest BCUT2D eigenvalue weighted by Gasteiger charge is 2.72. The quantitative estimate of drug-likeness (QED) is 0.161. The fourth-order valence-corrected chi connectivity index (χ4v) is 15.3. The summed E-state index contributed by atoms with van der Waals surface area (Å²) in [6, 6.07) is 16.0. The Labute approximate surface area is 269 Å². The van der Waals surface area contributed by atoms with Crippen LogP contribution in [0.1, 0.15) is 59.4 Å². The largest absolute Gasteiger partial charge is 0.500 e. The van der Waals surface area contributed by atoms with E-state index >= 15 is 0 Å². The number of ketones is 1. The van der Waals surface area contributed by atoms with Gasteiger partial charge in [-0.15, -0.1) is 11.8 Å². The minimum absolute atomic E-state index is 0.103. The summed E-state index contributed by atoms with van der Waals surface area (Å²) in [5.74, 6) is -0.488. The smallest absolute Gasteiger partial charge is 0.201 e. The summed E-state index contributed by atoms with van der Waals surface area (Å²) < 4.78 is 36.9. The molecule has 9 heteroatoms. The van der Waals surface area contributed by atoms with Gasteiger partial charge in [-0.2, -0.15) is 0 Å². The number of fused-ring (bicyclic) bond motifs is 2. The van der Waals surface area contributed by atoms with Crippen LogP contribution in [-0.2, 0) is 23.4 Å². The summed E-state index contributed by atoms with van der Waals surface area (Å²) in [7, 11) is 5.70. The number of methoxy groups -OCH3 is 5. The lowest BCUT2D eigenvalue weighted by atomic mass is 9.60. The van der Waals surface area contributed by atoms with Gasteiger partial charge in [0.15, 0.2) is 17.3 Å². The van der Waals surface area contributed by atoms with E-state index in [2.05, 4.69) is 47.6 Å². The number of thioether (sulfide) groups is 1. The van der Waals surface area contributed by atoms with Gasteiger partial charge < -0.3 is 28.1 Å². The monoisotopic (exact) mass is 642 g/mol. The van der Waals surface area contributed by atoms with Crippen molar-refractivity contribution in [2.24, 2.45) is 5.92 Å². The molecule has 0 N–H and O–H groups in total. The highest BCUT2D eigenvalue weighted by molar-refractivity contribution is 8.01. The molecule has 0 spiro atoms. The summed E-state index contributed by atoms with van der Waals surface area (Å²) in [4.78, 5) is 15.5. The first kappa shape index (κ1) is 34.6. The van der Waals surface area contributed by atoms with Crippen molar-refractivity contribution in [1.29, 1.82) is 0 Å². The lowest BCUT2D eigenvalue weighted by molar-refractivity contribution is -0.279. The van der Waals surface area contributed by atoms with Crippen molar-refractivity contribution in [3.63, 3.8) is 0 Å². The maximum atomic E-state index is 14.6. The molecule has 4 atom stereocenters. The summed E-state index contributed by atoms with van der Waals surface area (Å²) in [6.45, 7) is 13.7. The van der Waals surface area contributed by atoms with Crippen LogP contribution in [0.5, 0.6) is 11.5 Å². The molecule has 242 valence electrons. The predicted octanol–water partition coefficient (Wildman–Crippen LogP) is 8.00. The van der Waals surface area contributed by atoms with Gasteiger partial charge >= 0.3 is 0 Å². The van der Waals surface area contributed by atoms with Crippen molar-refractivity contribution in [2.75, 3.05) is 35.5 Å². The van der Waals surface area contributed by atoms with E-state index in [0.717, 1.165) is 10.5 Å². The zero-order valence-electron chi connectivity index (χ0n) is 28.1. The fraction of sp³-hybridized carbons (Fsp3) is 0.571. The van der Waals surface area contributed by atoms with Gasteiger partial charge in [0.2, 0.25) is 14.1 Å². The summed E-state index contributed by atoms with van der Waals surface area (Å²) >= 11 is 1.50. The molecule has 7 nitrogen and oxygen atoms in total. The van der Waals surface area contributed by atoms with Crippen molar-refractivity contribution in [1.82, 2.24) is 0 Å². The molecule has 0 heterocycles. The molecule has 0 radical (unpaired) electrons. The third-order valence-electron chi connectivity index (χ3n) is 9.93. The molecule has 44 heavy (non-hydrogen) atoms. The molecule has 2 bridgehead atoms. The molecule has 0 aliphatic heterocycles. The Bertz CT molecular complexity index is 1300. The summed E-state index contributed by atoms with van der Waals surface area (Å²) in [5.41, 5.74) is 2.01. The number of allylic oxidation sites excluding steroid dienone is 1. The van der Waals surface area contributed by atoms with Crippen LogP contribution in [-0.4, -0.2) is 66.3 Å². The van der Waals surface area contributed by atoms with Crippen molar-refractivity contribution in [2.45, 2.75) is 92.0 Å². The Hall–Kier alpha value is -2.30. The third kappa shape index (κ3) is 5.42. The molecule has 2 aromatic carbocycles. The van der Waals surface area contributed by atoms with Gasteiger partial charge in [-0.1, -0.05) is 65.8 Å². The van der Waals surface area contributed by atoms with E-state index in [-0.39, 0.29) is 17.8 Å². The van der Waals surface area contributed by atoms with E-state index in [9.17, 15) is 4.79 Å². The van der Waals surface area contributed by atoms with Gasteiger partial charge in [-0.05, 0) is 46.5 Å². The molecule has 0 unspecified atom stereocenters. The molecule has 1 saturated carbocycles. The van der Waals surface area contributed by atoms with Crippen molar-refractivity contribution >= 4 is 25.9 Å². The molecule has 2 aromatic rings. The Morgan fingerprint density at radius 2 is 1.39 bits per heavy atom. The van der Waals surface area contributed by atoms with Gasteiger partial charge in [0.05, 0.1) is 33.4 Å². The highest BCUT2D eigenvalue weighted by Crippen LogP contribution is 2.64. The first-order chi connectivity index (χ1) is 20.9. The Kier molecular flexibility index (Phi) is 10.7. The lowest BCUT2D eigenvalue weighted by Crippen LogP contribution is -2.72.